The second kappa shape index (κ2) is 5.72. The molecule has 3 N–H and O–H groups in total. The van der Waals surface area contributed by atoms with Crippen molar-refractivity contribution < 1.29 is 24.3 Å². The van der Waals surface area contributed by atoms with Crippen LogP contribution in [0.5, 0.6) is 0 Å². The molecule has 1 atom stereocenters. The van der Waals surface area contributed by atoms with E-state index in [1.165, 1.54) is 6.92 Å². The van der Waals surface area contributed by atoms with E-state index < -0.39 is 34.5 Å². The number of non-ortho nitro benzene ring substituents is 1. The molecule has 1 aromatic rings. The molecule has 1 aromatic carbocycles. The largest absolute Gasteiger partial charge is 0.393 e. The molecule has 1 rings (SSSR count). The van der Waals surface area contributed by atoms with Crippen molar-refractivity contribution in [1.82, 2.24) is 5.32 Å². The van der Waals surface area contributed by atoms with Gasteiger partial charge < -0.3 is 15.5 Å². The molecule has 0 saturated carbocycles. The molecule has 1 unspecified atom stereocenters. The van der Waals surface area contributed by atoms with Crippen LogP contribution in [0.2, 0.25) is 0 Å². The number of nitrogens with one attached hydrogen (secondary N) is 1. The van der Waals surface area contributed by atoms with E-state index in [0.717, 1.165) is 12.1 Å². The molecule has 0 aliphatic heterocycles. The minimum Gasteiger partial charge on any atom is -0.393 e. The maximum absolute atomic E-state index is 13.5. The summed E-state index contributed by atoms with van der Waals surface area (Å²) in [6, 6.07) is 2.62. The lowest BCUT2D eigenvalue weighted by atomic mass is 10.1. The van der Waals surface area contributed by atoms with Gasteiger partial charge in [0.15, 0.2) is 0 Å². The number of amides is 1. The first-order valence-electron chi connectivity index (χ1n) is 5.32. The highest BCUT2D eigenvalue weighted by Crippen LogP contribution is 2.16. The van der Waals surface area contributed by atoms with E-state index in [1.54, 1.807) is 0 Å². The first-order valence-corrected chi connectivity index (χ1v) is 5.32. The molecule has 0 radical (unpaired) electrons. The van der Waals surface area contributed by atoms with Crippen molar-refractivity contribution in [3.05, 3.63) is 39.7 Å². The van der Waals surface area contributed by atoms with Crippen molar-refractivity contribution in [2.75, 3.05) is 13.2 Å². The van der Waals surface area contributed by atoms with Gasteiger partial charge in [-0.1, -0.05) is 0 Å². The number of benzene rings is 1. The van der Waals surface area contributed by atoms with E-state index in [2.05, 4.69) is 5.32 Å². The van der Waals surface area contributed by atoms with Crippen LogP contribution >= 0.6 is 0 Å². The lowest BCUT2D eigenvalue weighted by Gasteiger charge is -2.20. The Morgan fingerprint density at radius 3 is 2.68 bits per heavy atom. The Hall–Kier alpha value is -2.06. The van der Waals surface area contributed by atoms with Crippen molar-refractivity contribution in [3.8, 4) is 0 Å². The summed E-state index contributed by atoms with van der Waals surface area (Å²) in [5.41, 5.74) is -2.36. The lowest BCUT2D eigenvalue weighted by molar-refractivity contribution is -0.385. The highest BCUT2D eigenvalue weighted by Gasteiger charge is 2.22. The van der Waals surface area contributed by atoms with Gasteiger partial charge in [0.05, 0.1) is 23.2 Å². The standard InChI is InChI=1S/C11H13FN2O5/c1-11(17,6-15)5-13-10(16)8-3-2-7(14(18)19)4-9(8)12/h2-4,15,17H,5-6H2,1H3,(H,13,16). The summed E-state index contributed by atoms with van der Waals surface area (Å²) in [5, 5.41) is 30.9. The van der Waals surface area contributed by atoms with Gasteiger partial charge in [-0.3, -0.25) is 14.9 Å². The summed E-state index contributed by atoms with van der Waals surface area (Å²) in [6.45, 7) is 0.439. The number of nitrogens with zero attached hydrogens (tertiary/aromatic N) is 1. The van der Waals surface area contributed by atoms with E-state index in [9.17, 15) is 24.4 Å². The number of carbonyl (C=O) groups excluding carboxylic acids is 1. The fraction of sp³-hybridized carbons (Fsp3) is 0.364. The summed E-state index contributed by atoms with van der Waals surface area (Å²) in [6.07, 6.45) is 0. The van der Waals surface area contributed by atoms with Gasteiger partial charge in [0, 0.05) is 12.6 Å². The van der Waals surface area contributed by atoms with Gasteiger partial charge in [-0.15, -0.1) is 0 Å². The van der Waals surface area contributed by atoms with Gasteiger partial charge in [-0.05, 0) is 13.0 Å². The molecule has 1 amide bonds. The number of halogens is 1. The third kappa shape index (κ3) is 3.97. The van der Waals surface area contributed by atoms with Crippen LogP contribution in [0, 0.1) is 15.9 Å². The first kappa shape index (κ1) is 15.0. The van der Waals surface area contributed by atoms with Gasteiger partial charge in [0.1, 0.15) is 11.4 Å². The SMILES string of the molecule is CC(O)(CO)CNC(=O)c1ccc([N+](=O)[O-])cc1F. The number of hydrogen-bond acceptors (Lipinski definition) is 5. The molecule has 8 heteroatoms. The molecule has 0 spiro atoms. The van der Waals surface area contributed by atoms with E-state index in [1.807, 2.05) is 0 Å². The van der Waals surface area contributed by atoms with Crippen LogP contribution in [0.3, 0.4) is 0 Å². The Kier molecular flexibility index (Phi) is 4.52. The molecule has 104 valence electrons. The number of nitro benzene ring substituents is 1. The maximum atomic E-state index is 13.5. The van der Waals surface area contributed by atoms with Crippen molar-refractivity contribution in [2.45, 2.75) is 12.5 Å². The van der Waals surface area contributed by atoms with Crippen LogP contribution in [0.15, 0.2) is 18.2 Å². The van der Waals surface area contributed by atoms with E-state index >= 15 is 0 Å². The third-order valence-electron chi connectivity index (χ3n) is 2.38. The van der Waals surface area contributed by atoms with Gasteiger partial charge in [-0.2, -0.15) is 0 Å². The Bertz CT molecular complexity index is 504. The minimum absolute atomic E-state index is 0.279. The van der Waals surface area contributed by atoms with Crippen molar-refractivity contribution in [2.24, 2.45) is 0 Å². The third-order valence-corrected chi connectivity index (χ3v) is 2.38. The zero-order chi connectivity index (χ0) is 14.6. The highest BCUT2D eigenvalue weighted by atomic mass is 19.1. The summed E-state index contributed by atoms with van der Waals surface area (Å²) in [4.78, 5) is 21.2. The van der Waals surface area contributed by atoms with Gasteiger partial charge >= 0.3 is 0 Å². The molecular weight excluding hydrogens is 259 g/mol. The average Bonchev–Trinajstić information content (AvgIpc) is 2.36. The first-order chi connectivity index (χ1) is 8.76. The summed E-state index contributed by atoms with van der Waals surface area (Å²) < 4.78 is 13.5. The molecule has 0 aromatic heterocycles. The van der Waals surface area contributed by atoms with Crippen LogP contribution in [0.1, 0.15) is 17.3 Å². The fourth-order valence-electron chi connectivity index (χ4n) is 1.22. The number of carbonyl (C=O) groups is 1. The molecular formula is C11H13FN2O5. The molecule has 0 saturated heterocycles. The zero-order valence-electron chi connectivity index (χ0n) is 10.1. The normalized spacial score (nSPS) is 13.7. The minimum atomic E-state index is -1.52. The second-order valence-electron chi connectivity index (χ2n) is 4.26. The Balaban J connectivity index is 2.81. The number of nitro groups is 1. The zero-order valence-corrected chi connectivity index (χ0v) is 10.1. The summed E-state index contributed by atoms with van der Waals surface area (Å²) in [7, 11) is 0. The van der Waals surface area contributed by atoms with Crippen LogP contribution in [-0.4, -0.2) is 39.8 Å². The Morgan fingerprint density at radius 2 is 2.21 bits per heavy atom. The van der Waals surface area contributed by atoms with Gasteiger partial charge in [-0.25, -0.2) is 4.39 Å². The highest BCUT2D eigenvalue weighted by molar-refractivity contribution is 5.94. The van der Waals surface area contributed by atoms with Crippen molar-refractivity contribution in [3.63, 3.8) is 0 Å². The molecule has 0 heterocycles. The Labute approximate surface area is 107 Å². The predicted octanol–water partition coefficient (Wildman–Crippen LogP) is 0.207. The summed E-state index contributed by atoms with van der Waals surface area (Å²) in [5.74, 6) is -1.86. The topological polar surface area (TPSA) is 113 Å². The molecule has 0 bridgehead atoms. The lowest BCUT2D eigenvalue weighted by Crippen LogP contribution is -2.43. The number of aliphatic hydroxyl groups is 2. The molecule has 7 nitrogen and oxygen atoms in total. The van der Waals surface area contributed by atoms with Crippen molar-refractivity contribution >= 4 is 11.6 Å². The number of aliphatic hydroxyl groups excluding tert-OH is 1. The smallest absolute Gasteiger partial charge is 0.272 e. The number of hydrogen-bond donors (Lipinski definition) is 3. The fourth-order valence-corrected chi connectivity index (χ4v) is 1.22. The van der Waals surface area contributed by atoms with E-state index in [4.69, 9.17) is 5.11 Å². The van der Waals surface area contributed by atoms with Crippen LogP contribution in [-0.2, 0) is 0 Å². The van der Waals surface area contributed by atoms with Crippen LogP contribution in [0.4, 0.5) is 10.1 Å². The predicted molar refractivity (Wildman–Crippen MR) is 63.1 cm³/mol. The molecule has 0 fully saturated rings. The van der Waals surface area contributed by atoms with E-state index in [-0.39, 0.29) is 12.1 Å². The maximum Gasteiger partial charge on any atom is 0.272 e. The van der Waals surface area contributed by atoms with Crippen LogP contribution < -0.4 is 5.32 Å². The molecule has 0 aliphatic rings. The Morgan fingerprint density at radius 1 is 1.58 bits per heavy atom. The monoisotopic (exact) mass is 272 g/mol. The second-order valence-corrected chi connectivity index (χ2v) is 4.26. The quantitative estimate of drug-likeness (QED) is 0.523. The number of rotatable bonds is 5. The molecule has 0 aliphatic carbocycles. The van der Waals surface area contributed by atoms with E-state index in [0.29, 0.717) is 6.07 Å². The van der Waals surface area contributed by atoms with Crippen LogP contribution in [0.25, 0.3) is 0 Å². The average molecular weight is 272 g/mol. The van der Waals surface area contributed by atoms with Gasteiger partial charge in [0.2, 0.25) is 0 Å². The van der Waals surface area contributed by atoms with Crippen molar-refractivity contribution in [1.29, 1.82) is 0 Å². The van der Waals surface area contributed by atoms with Gasteiger partial charge in [0.25, 0.3) is 11.6 Å². The molecule has 19 heavy (non-hydrogen) atoms. The summed E-state index contributed by atoms with van der Waals surface area (Å²) >= 11 is 0.